The van der Waals surface area contributed by atoms with Crippen molar-refractivity contribution in [2.45, 2.75) is 45.7 Å². The SMILES string of the molecule is CC[C@H](C)NCCC(=O)Nc1sc2c(c1-c1nc3ccccc3s1)CCNC2. The molecule has 148 valence electrons. The van der Waals surface area contributed by atoms with Crippen LogP contribution in [0.3, 0.4) is 0 Å². The van der Waals surface area contributed by atoms with Crippen molar-refractivity contribution in [2.75, 3.05) is 18.4 Å². The predicted molar refractivity (Wildman–Crippen MR) is 119 cm³/mol. The Balaban J connectivity index is 1.60. The van der Waals surface area contributed by atoms with Gasteiger partial charge in [0.2, 0.25) is 5.91 Å². The fourth-order valence-corrected chi connectivity index (χ4v) is 5.74. The number of nitrogens with one attached hydrogen (secondary N) is 3. The number of hydrogen-bond acceptors (Lipinski definition) is 6. The molecular weight excluding hydrogens is 388 g/mol. The van der Waals surface area contributed by atoms with E-state index < -0.39 is 0 Å². The van der Waals surface area contributed by atoms with Crippen LogP contribution in [0.1, 0.15) is 37.1 Å². The number of aromatic nitrogens is 1. The lowest BCUT2D eigenvalue weighted by Gasteiger charge is -2.13. The van der Waals surface area contributed by atoms with Crippen molar-refractivity contribution in [3.63, 3.8) is 0 Å². The molecule has 0 unspecified atom stereocenters. The van der Waals surface area contributed by atoms with E-state index in [2.05, 4.69) is 41.9 Å². The Morgan fingerprint density at radius 2 is 2.18 bits per heavy atom. The Hall–Kier alpha value is -1.80. The number of fused-ring (bicyclic) bond motifs is 2. The lowest BCUT2D eigenvalue weighted by molar-refractivity contribution is -0.116. The molecule has 1 atom stereocenters. The normalized spacial score (nSPS) is 14.8. The number of thiophene rings is 1. The topological polar surface area (TPSA) is 66.0 Å². The van der Waals surface area contributed by atoms with Gasteiger partial charge in [0, 0.05) is 36.0 Å². The summed E-state index contributed by atoms with van der Waals surface area (Å²) in [5.41, 5.74) is 3.49. The van der Waals surface area contributed by atoms with Gasteiger partial charge in [-0.25, -0.2) is 4.98 Å². The molecule has 5 nitrogen and oxygen atoms in total. The molecule has 3 aromatic rings. The Morgan fingerprint density at radius 1 is 1.32 bits per heavy atom. The van der Waals surface area contributed by atoms with Crippen LogP contribution in [0, 0.1) is 0 Å². The fourth-order valence-electron chi connectivity index (χ4n) is 3.39. The number of anilines is 1. The van der Waals surface area contributed by atoms with Crippen LogP contribution in [0.2, 0.25) is 0 Å². The smallest absolute Gasteiger partial charge is 0.226 e. The van der Waals surface area contributed by atoms with Gasteiger partial charge in [0.25, 0.3) is 0 Å². The Morgan fingerprint density at radius 3 is 3.00 bits per heavy atom. The van der Waals surface area contributed by atoms with E-state index in [9.17, 15) is 4.79 Å². The van der Waals surface area contributed by atoms with Crippen LogP contribution < -0.4 is 16.0 Å². The first-order valence-electron chi connectivity index (χ1n) is 9.90. The molecule has 1 aromatic carbocycles. The minimum absolute atomic E-state index is 0.0599. The number of nitrogens with zero attached hydrogens (tertiary/aromatic N) is 1. The third-order valence-electron chi connectivity index (χ3n) is 5.15. The first-order valence-corrected chi connectivity index (χ1v) is 11.5. The highest BCUT2D eigenvalue weighted by molar-refractivity contribution is 7.22. The summed E-state index contributed by atoms with van der Waals surface area (Å²) in [5, 5.41) is 12.0. The molecule has 0 saturated carbocycles. The van der Waals surface area contributed by atoms with Gasteiger partial charge in [-0.2, -0.15) is 0 Å². The molecule has 28 heavy (non-hydrogen) atoms. The second kappa shape index (κ2) is 8.69. The molecule has 7 heteroatoms. The van der Waals surface area contributed by atoms with E-state index in [1.54, 1.807) is 22.7 Å². The maximum atomic E-state index is 12.6. The number of para-hydroxylation sites is 1. The maximum Gasteiger partial charge on any atom is 0.226 e. The summed E-state index contributed by atoms with van der Waals surface area (Å²) in [6.45, 7) is 6.82. The van der Waals surface area contributed by atoms with Crippen molar-refractivity contribution in [3.8, 4) is 10.6 Å². The van der Waals surface area contributed by atoms with Crippen molar-refractivity contribution in [1.82, 2.24) is 15.6 Å². The minimum atomic E-state index is 0.0599. The zero-order valence-corrected chi connectivity index (χ0v) is 17.9. The van der Waals surface area contributed by atoms with Gasteiger partial charge in [0.1, 0.15) is 10.0 Å². The second-order valence-corrected chi connectivity index (χ2v) is 9.32. The summed E-state index contributed by atoms with van der Waals surface area (Å²) in [6.07, 6.45) is 2.51. The third-order valence-corrected chi connectivity index (χ3v) is 7.35. The average molecular weight is 415 g/mol. The van der Waals surface area contributed by atoms with Crippen molar-refractivity contribution in [1.29, 1.82) is 0 Å². The van der Waals surface area contributed by atoms with Gasteiger partial charge < -0.3 is 16.0 Å². The van der Waals surface area contributed by atoms with Crippen LogP contribution in [-0.4, -0.2) is 30.0 Å². The summed E-state index contributed by atoms with van der Waals surface area (Å²) in [7, 11) is 0. The van der Waals surface area contributed by atoms with Crippen LogP contribution in [0.15, 0.2) is 24.3 Å². The zero-order valence-electron chi connectivity index (χ0n) is 16.3. The largest absolute Gasteiger partial charge is 0.317 e. The van der Waals surface area contributed by atoms with Crippen molar-refractivity contribution in [2.24, 2.45) is 0 Å². The number of rotatable bonds is 7. The molecule has 3 N–H and O–H groups in total. The van der Waals surface area contributed by atoms with E-state index in [-0.39, 0.29) is 5.91 Å². The number of benzene rings is 1. The first-order chi connectivity index (χ1) is 13.7. The molecule has 3 heterocycles. The van der Waals surface area contributed by atoms with Crippen LogP contribution >= 0.6 is 22.7 Å². The van der Waals surface area contributed by atoms with E-state index in [4.69, 9.17) is 4.98 Å². The summed E-state index contributed by atoms with van der Waals surface area (Å²) in [6, 6.07) is 8.66. The van der Waals surface area contributed by atoms with E-state index in [0.717, 1.165) is 47.0 Å². The quantitative estimate of drug-likeness (QED) is 0.537. The molecule has 0 bridgehead atoms. The highest BCUT2D eigenvalue weighted by atomic mass is 32.1. The lowest BCUT2D eigenvalue weighted by Crippen LogP contribution is -2.28. The number of carbonyl (C=O) groups excluding carboxylic acids is 1. The molecule has 1 aliphatic heterocycles. The molecule has 0 aliphatic carbocycles. The van der Waals surface area contributed by atoms with E-state index in [1.165, 1.54) is 15.1 Å². The van der Waals surface area contributed by atoms with Gasteiger partial charge >= 0.3 is 0 Å². The van der Waals surface area contributed by atoms with Crippen molar-refractivity contribution in [3.05, 3.63) is 34.7 Å². The Bertz CT molecular complexity index is 945. The van der Waals surface area contributed by atoms with Crippen molar-refractivity contribution < 1.29 is 4.79 Å². The summed E-state index contributed by atoms with van der Waals surface area (Å²) in [5.74, 6) is 0.0599. The molecular formula is C21H26N4OS2. The fraction of sp³-hybridized carbons (Fsp3) is 0.429. The van der Waals surface area contributed by atoms with Crippen molar-refractivity contribution >= 4 is 43.8 Å². The number of thiazole rings is 1. The molecule has 0 radical (unpaired) electrons. The molecule has 0 saturated heterocycles. The van der Waals surface area contributed by atoms with E-state index in [0.29, 0.717) is 19.0 Å². The number of hydrogen-bond donors (Lipinski definition) is 3. The number of carbonyl (C=O) groups is 1. The molecule has 1 aliphatic rings. The minimum Gasteiger partial charge on any atom is -0.317 e. The average Bonchev–Trinajstić information content (AvgIpc) is 3.27. The second-order valence-electron chi connectivity index (χ2n) is 7.18. The van der Waals surface area contributed by atoms with Crippen LogP contribution in [-0.2, 0) is 17.8 Å². The van der Waals surface area contributed by atoms with E-state index in [1.807, 2.05) is 12.1 Å². The predicted octanol–water partition coefficient (Wildman–Crippen LogP) is 4.39. The van der Waals surface area contributed by atoms with Gasteiger partial charge in [0.05, 0.1) is 10.2 Å². The Labute approximate surface area is 173 Å². The first kappa shape index (κ1) is 19.5. The highest BCUT2D eigenvalue weighted by Gasteiger charge is 2.25. The van der Waals surface area contributed by atoms with Crippen LogP contribution in [0.25, 0.3) is 20.8 Å². The highest BCUT2D eigenvalue weighted by Crippen LogP contribution is 2.44. The van der Waals surface area contributed by atoms with Gasteiger partial charge in [-0.3, -0.25) is 4.79 Å². The number of amides is 1. The van der Waals surface area contributed by atoms with Gasteiger partial charge in [0.15, 0.2) is 0 Å². The lowest BCUT2D eigenvalue weighted by atomic mass is 10.0. The molecule has 0 fully saturated rings. The standard InChI is InChI=1S/C21H26N4OS2/c1-3-13(2)23-11-9-18(26)25-21-19(14-8-10-22-12-17(14)28-21)20-24-15-6-4-5-7-16(15)27-20/h4-7,13,22-23H,3,8-12H2,1-2H3,(H,25,26)/t13-/m0/s1. The molecule has 1 amide bonds. The summed E-state index contributed by atoms with van der Waals surface area (Å²) in [4.78, 5) is 18.8. The monoisotopic (exact) mass is 414 g/mol. The summed E-state index contributed by atoms with van der Waals surface area (Å²) < 4.78 is 1.18. The van der Waals surface area contributed by atoms with Gasteiger partial charge in [-0.1, -0.05) is 19.1 Å². The Kier molecular flexibility index (Phi) is 6.06. The zero-order chi connectivity index (χ0) is 19.5. The maximum absolute atomic E-state index is 12.6. The summed E-state index contributed by atoms with van der Waals surface area (Å²) >= 11 is 3.40. The molecule has 4 rings (SSSR count). The van der Waals surface area contributed by atoms with Gasteiger partial charge in [-0.05, 0) is 44.0 Å². The molecule has 2 aromatic heterocycles. The van der Waals surface area contributed by atoms with Gasteiger partial charge in [-0.15, -0.1) is 22.7 Å². The van der Waals surface area contributed by atoms with Crippen LogP contribution in [0.4, 0.5) is 5.00 Å². The molecule has 0 spiro atoms. The van der Waals surface area contributed by atoms with Crippen LogP contribution in [0.5, 0.6) is 0 Å². The van der Waals surface area contributed by atoms with E-state index >= 15 is 0 Å². The third kappa shape index (κ3) is 4.12.